The molecule has 16 heavy (non-hydrogen) atoms. The van der Waals surface area contributed by atoms with Gasteiger partial charge in [-0.2, -0.15) is 5.10 Å². The molecule has 0 aliphatic rings. The van der Waals surface area contributed by atoms with Crippen molar-refractivity contribution in [1.82, 2.24) is 15.1 Å². The molecule has 0 aromatic carbocycles. The summed E-state index contributed by atoms with van der Waals surface area (Å²) in [6, 6.07) is 1.60. The summed E-state index contributed by atoms with van der Waals surface area (Å²) >= 11 is 0. The van der Waals surface area contributed by atoms with Gasteiger partial charge in [0.25, 0.3) is 5.91 Å². The van der Waals surface area contributed by atoms with Gasteiger partial charge in [0.2, 0.25) is 0 Å². The topological polar surface area (TPSA) is 84.2 Å². The van der Waals surface area contributed by atoms with E-state index >= 15 is 0 Å². The summed E-state index contributed by atoms with van der Waals surface area (Å²) < 4.78 is 1.42. The van der Waals surface area contributed by atoms with Crippen LogP contribution in [-0.2, 0) is 11.8 Å². The molecule has 0 saturated heterocycles. The molecule has 6 heteroatoms. The molecule has 6 nitrogen and oxygen atoms in total. The van der Waals surface area contributed by atoms with E-state index in [9.17, 15) is 9.59 Å². The molecule has 0 bridgehead atoms. The van der Waals surface area contributed by atoms with Crippen LogP contribution in [0.5, 0.6) is 0 Å². The van der Waals surface area contributed by atoms with E-state index in [1.165, 1.54) is 18.5 Å². The molecule has 1 amide bonds. The van der Waals surface area contributed by atoms with E-state index in [4.69, 9.17) is 5.11 Å². The Labute approximate surface area is 93.3 Å². The van der Waals surface area contributed by atoms with Crippen LogP contribution in [0.3, 0.4) is 0 Å². The van der Waals surface area contributed by atoms with Crippen molar-refractivity contribution in [3.63, 3.8) is 0 Å². The van der Waals surface area contributed by atoms with Crippen LogP contribution in [0.4, 0.5) is 0 Å². The fourth-order valence-corrected chi connectivity index (χ4v) is 1.22. The lowest BCUT2D eigenvalue weighted by molar-refractivity contribution is -0.143. The van der Waals surface area contributed by atoms with Crippen LogP contribution in [0.25, 0.3) is 0 Å². The zero-order chi connectivity index (χ0) is 12.5. The van der Waals surface area contributed by atoms with Crippen LogP contribution in [-0.4, -0.2) is 32.3 Å². The Balaban J connectivity index is 2.89. The van der Waals surface area contributed by atoms with E-state index in [-0.39, 0.29) is 0 Å². The van der Waals surface area contributed by atoms with Gasteiger partial charge in [0, 0.05) is 7.05 Å². The van der Waals surface area contributed by atoms with Crippen molar-refractivity contribution in [1.29, 1.82) is 0 Å². The molecule has 0 aliphatic heterocycles. The largest absolute Gasteiger partial charge is 0.480 e. The van der Waals surface area contributed by atoms with E-state index in [0.717, 1.165) is 0 Å². The third kappa shape index (κ3) is 2.39. The standard InChI is InChI=1S/C10H15N3O3/c1-6-5-7(13(4)12-6)8(14)11-10(2,3)9(15)16/h5H,1-4H3,(H,11,14)(H,15,16). The molecule has 0 spiro atoms. The third-order valence-electron chi connectivity index (χ3n) is 2.20. The van der Waals surface area contributed by atoms with Gasteiger partial charge >= 0.3 is 5.97 Å². The zero-order valence-corrected chi connectivity index (χ0v) is 9.74. The third-order valence-corrected chi connectivity index (χ3v) is 2.20. The molecule has 1 aromatic heterocycles. The first-order chi connectivity index (χ1) is 7.24. The first-order valence-corrected chi connectivity index (χ1v) is 4.80. The maximum atomic E-state index is 11.8. The minimum Gasteiger partial charge on any atom is -0.480 e. The number of amides is 1. The number of hydrogen-bond donors (Lipinski definition) is 2. The quantitative estimate of drug-likeness (QED) is 0.776. The first kappa shape index (κ1) is 12.2. The minimum atomic E-state index is -1.30. The SMILES string of the molecule is Cc1cc(C(=O)NC(C)(C)C(=O)O)n(C)n1. The summed E-state index contributed by atoms with van der Waals surface area (Å²) in [7, 11) is 1.63. The van der Waals surface area contributed by atoms with Crippen molar-refractivity contribution >= 4 is 11.9 Å². The molecule has 0 aliphatic carbocycles. The Hall–Kier alpha value is -1.85. The normalized spacial score (nSPS) is 11.2. The highest BCUT2D eigenvalue weighted by Crippen LogP contribution is 2.06. The van der Waals surface area contributed by atoms with Gasteiger partial charge in [0.05, 0.1) is 5.69 Å². The van der Waals surface area contributed by atoms with Gasteiger partial charge in [0.15, 0.2) is 0 Å². The fraction of sp³-hybridized carbons (Fsp3) is 0.500. The number of carbonyl (C=O) groups is 2. The lowest BCUT2D eigenvalue weighted by atomic mass is 10.1. The maximum Gasteiger partial charge on any atom is 0.328 e. The molecular weight excluding hydrogens is 210 g/mol. The number of nitrogens with zero attached hydrogens (tertiary/aromatic N) is 2. The molecule has 1 aromatic rings. The average molecular weight is 225 g/mol. The zero-order valence-electron chi connectivity index (χ0n) is 9.74. The number of carbonyl (C=O) groups excluding carboxylic acids is 1. The van der Waals surface area contributed by atoms with Crippen molar-refractivity contribution in [2.75, 3.05) is 0 Å². The summed E-state index contributed by atoms with van der Waals surface area (Å²) in [5.41, 5.74) is -0.248. The molecule has 2 N–H and O–H groups in total. The summed E-state index contributed by atoms with van der Waals surface area (Å²) in [5.74, 6) is -1.53. The smallest absolute Gasteiger partial charge is 0.328 e. The van der Waals surface area contributed by atoms with Crippen molar-refractivity contribution < 1.29 is 14.7 Å². The summed E-state index contributed by atoms with van der Waals surface area (Å²) in [6.45, 7) is 4.62. The van der Waals surface area contributed by atoms with Gasteiger partial charge in [0.1, 0.15) is 11.2 Å². The number of aliphatic carboxylic acids is 1. The van der Waals surface area contributed by atoms with Crippen LogP contribution in [0.15, 0.2) is 6.07 Å². The van der Waals surface area contributed by atoms with Crippen molar-refractivity contribution in [3.05, 3.63) is 17.5 Å². The van der Waals surface area contributed by atoms with E-state index in [1.807, 2.05) is 0 Å². The predicted octanol–water partition coefficient (Wildman–Crippen LogP) is 0.322. The van der Waals surface area contributed by atoms with Crippen molar-refractivity contribution in [3.8, 4) is 0 Å². The number of hydrogen-bond acceptors (Lipinski definition) is 3. The van der Waals surface area contributed by atoms with Gasteiger partial charge in [-0.1, -0.05) is 0 Å². The molecule has 0 unspecified atom stereocenters. The van der Waals surface area contributed by atoms with E-state index in [0.29, 0.717) is 11.4 Å². The van der Waals surface area contributed by atoms with E-state index in [2.05, 4.69) is 10.4 Å². The molecule has 0 fully saturated rings. The monoisotopic (exact) mass is 225 g/mol. The van der Waals surface area contributed by atoms with Gasteiger partial charge in [-0.3, -0.25) is 9.48 Å². The fourth-order valence-electron chi connectivity index (χ4n) is 1.22. The molecule has 1 rings (SSSR count). The Bertz CT molecular complexity index is 435. The highest BCUT2D eigenvalue weighted by molar-refractivity contribution is 5.96. The van der Waals surface area contributed by atoms with Gasteiger partial charge in [-0.25, -0.2) is 4.79 Å². The molecular formula is C10H15N3O3. The summed E-state index contributed by atoms with van der Waals surface area (Å²) in [5, 5.41) is 15.3. The van der Waals surface area contributed by atoms with Crippen molar-refractivity contribution in [2.24, 2.45) is 7.05 Å². The Morgan fingerprint density at radius 1 is 1.50 bits per heavy atom. The average Bonchev–Trinajstić information content (AvgIpc) is 2.44. The number of carboxylic acids is 1. The number of carboxylic acid groups (broad SMARTS) is 1. The van der Waals surface area contributed by atoms with Crippen LogP contribution in [0, 0.1) is 6.92 Å². The number of nitrogens with one attached hydrogen (secondary N) is 1. The lowest BCUT2D eigenvalue weighted by Gasteiger charge is -2.20. The highest BCUT2D eigenvalue weighted by Gasteiger charge is 2.30. The molecule has 0 atom stereocenters. The molecule has 88 valence electrons. The summed E-state index contributed by atoms with van der Waals surface area (Å²) in [4.78, 5) is 22.6. The Morgan fingerprint density at radius 3 is 2.44 bits per heavy atom. The van der Waals surface area contributed by atoms with Crippen LogP contribution in [0.1, 0.15) is 30.0 Å². The molecule has 0 saturated carbocycles. The van der Waals surface area contributed by atoms with E-state index < -0.39 is 17.4 Å². The number of rotatable bonds is 3. The van der Waals surface area contributed by atoms with Crippen LogP contribution < -0.4 is 5.32 Å². The second-order valence-electron chi connectivity index (χ2n) is 4.18. The second kappa shape index (κ2) is 3.96. The highest BCUT2D eigenvalue weighted by atomic mass is 16.4. The minimum absolute atomic E-state index is 0.340. The first-order valence-electron chi connectivity index (χ1n) is 4.80. The van der Waals surface area contributed by atoms with Gasteiger partial charge in [-0.15, -0.1) is 0 Å². The predicted molar refractivity (Wildman–Crippen MR) is 57.1 cm³/mol. The van der Waals surface area contributed by atoms with Crippen LogP contribution in [0.2, 0.25) is 0 Å². The molecule has 0 radical (unpaired) electrons. The van der Waals surface area contributed by atoms with Crippen LogP contribution >= 0.6 is 0 Å². The van der Waals surface area contributed by atoms with E-state index in [1.54, 1.807) is 20.0 Å². The lowest BCUT2D eigenvalue weighted by Crippen LogP contribution is -2.50. The second-order valence-corrected chi connectivity index (χ2v) is 4.18. The van der Waals surface area contributed by atoms with Gasteiger partial charge < -0.3 is 10.4 Å². The Morgan fingerprint density at radius 2 is 2.06 bits per heavy atom. The van der Waals surface area contributed by atoms with Crippen molar-refractivity contribution in [2.45, 2.75) is 26.3 Å². The number of aromatic nitrogens is 2. The molecule has 1 heterocycles. The maximum absolute atomic E-state index is 11.8. The Kier molecular flexibility index (Phi) is 3.02. The number of aryl methyl sites for hydroxylation is 2. The van der Waals surface area contributed by atoms with Gasteiger partial charge in [-0.05, 0) is 26.8 Å². The summed E-state index contributed by atoms with van der Waals surface area (Å²) in [6.07, 6.45) is 0.